The number of nitrogens with zero attached hydrogens (tertiary/aromatic N) is 2. The molecule has 1 aliphatic heterocycles. The van der Waals surface area contributed by atoms with E-state index in [-0.39, 0.29) is 42.1 Å². The van der Waals surface area contributed by atoms with Crippen molar-refractivity contribution in [1.82, 2.24) is 20.9 Å². The van der Waals surface area contributed by atoms with Crippen LogP contribution >= 0.6 is 24.0 Å². The summed E-state index contributed by atoms with van der Waals surface area (Å²) in [5.41, 5.74) is 0.672. The van der Waals surface area contributed by atoms with Crippen molar-refractivity contribution in [3.63, 3.8) is 0 Å². The SMILES string of the molecule is CN=C(NCCCN1CCCCC1C)NCCNC(=O)Cc1cccc(F)c1.I. The Labute approximate surface area is 191 Å². The topological polar surface area (TPSA) is 68.8 Å². The number of likely N-dealkylation sites (tertiary alicyclic amines) is 1. The molecule has 0 aliphatic carbocycles. The van der Waals surface area contributed by atoms with Crippen molar-refractivity contribution in [3.8, 4) is 0 Å². The van der Waals surface area contributed by atoms with Gasteiger partial charge in [0.25, 0.3) is 0 Å². The average Bonchev–Trinajstić information content (AvgIpc) is 2.68. The molecule has 1 amide bonds. The number of hydrogen-bond acceptors (Lipinski definition) is 3. The molecule has 0 saturated carbocycles. The molecule has 0 spiro atoms. The van der Waals surface area contributed by atoms with Gasteiger partial charge < -0.3 is 20.9 Å². The van der Waals surface area contributed by atoms with E-state index in [1.165, 1.54) is 37.9 Å². The van der Waals surface area contributed by atoms with Crippen LogP contribution < -0.4 is 16.0 Å². The lowest BCUT2D eigenvalue weighted by Gasteiger charge is -2.33. The molecule has 1 aromatic rings. The predicted molar refractivity (Wildman–Crippen MR) is 127 cm³/mol. The third kappa shape index (κ3) is 10.3. The van der Waals surface area contributed by atoms with E-state index < -0.39 is 0 Å². The average molecular weight is 519 g/mol. The largest absolute Gasteiger partial charge is 0.356 e. The summed E-state index contributed by atoms with van der Waals surface area (Å²) >= 11 is 0. The standard InChI is InChI=1S/C21H34FN5O.HI/c1-17-7-3-4-13-27(17)14-6-10-25-21(23-2)26-12-11-24-20(28)16-18-8-5-9-19(22)15-18;/h5,8-9,15,17H,3-4,6-7,10-14,16H2,1-2H3,(H,24,28)(H2,23,25,26);1H. The fraction of sp³-hybridized carbons (Fsp3) is 0.619. The number of rotatable bonds is 9. The maximum Gasteiger partial charge on any atom is 0.224 e. The molecule has 164 valence electrons. The van der Waals surface area contributed by atoms with Gasteiger partial charge in [0.15, 0.2) is 5.96 Å². The van der Waals surface area contributed by atoms with Gasteiger partial charge >= 0.3 is 0 Å². The Morgan fingerprint density at radius 3 is 2.69 bits per heavy atom. The molecule has 1 atom stereocenters. The second kappa shape index (κ2) is 14.5. The van der Waals surface area contributed by atoms with Gasteiger partial charge in [-0.1, -0.05) is 18.6 Å². The van der Waals surface area contributed by atoms with Crippen molar-refractivity contribution in [2.24, 2.45) is 4.99 Å². The number of guanidine groups is 1. The number of piperidine rings is 1. The Morgan fingerprint density at radius 1 is 1.21 bits per heavy atom. The van der Waals surface area contributed by atoms with E-state index in [2.05, 4.69) is 32.8 Å². The molecule has 0 radical (unpaired) electrons. The molecule has 1 fully saturated rings. The van der Waals surface area contributed by atoms with E-state index in [0.717, 1.165) is 25.5 Å². The van der Waals surface area contributed by atoms with Crippen LogP contribution in [0.15, 0.2) is 29.3 Å². The molecule has 2 rings (SSSR count). The van der Waals surface area contributed by atoms with Crippen molar-refractivity contribution in [2.45, 2.75) is 45.1 Å². The van der Waals surface area contributed by atoms with E-state index in [9.17, 15) is 9.18 Å². The number of carbonyl (C=O) groups excluding carboxylic acids is 1. The number of amides is 1. The molecule has 1 saturated heterocycles. The molecular formula is C21H35FIN5O. The zero-order valence-electron chi connectivity index (χ0n) is 17.5. The first-order valence-corrected chi connectivity index (χ1v) is 10.3. The van der Waals surface area contributed by atoms with Crippen LogP contribution in [0, 0.1) is 5.82 Å². The highest BCUT2D eigenvalue weighted by atomic mass is 127. The molecule has 1 heterocycles. The summed E-state index contributed by atoms with van der Waals surface area (Å²) in [5, 5.41) is 9.34. The van der Waals surface area contributed by atoms with E-state index in [1.807, 2.05) is 0 Å². The minimum Gasteiger partial charge on any atom is -0.356 e. The van der Waals surface area contributed by atoms with Crippen molar-refractivity contribution in [3.05, 3.63) is 35.6 Å². The minimum atomic E-state index is -0.323. The van der Waals surface area contributed by atoms with Gasteiger partial charge in [-0.2, -0.15) is 0 Å². The van der Waals surface area contributed by atoms with Crippen LogP contribution in [0.5, 0.6) is 0 Å². The summed E-state index contributed by atoms with van der Waals surface area (Å²) in [7, 11) is 1.74. The normalized spacial score (nSPS) is 17.3. The Hall–Kier alpha value is -1.42. The van der Waals surface area contributed by atoms with Crippen molar-refractivity contribution < 1.29 is 9.18 Å². The molecule has 0 aromatic heterocycles. The first kappa shape index (κ1) is 25.6. The zero-order chi connectivity index (χ0) is 20.2. The van der Waals surface area contributed by atoms with Crippen LogP contribution in [0.25, 0.3) is 0 Å². The van der Waals surface area contributed by atoms with E-state index in [4.69, 9.17) is 0 Å². The van der Waals surface area contributed by atoms with E-state index >= 15 is 0 Å². The molecule has 0 bridgehead atoms. The molecule has 6 nitrogen and oxygen atoms in total. The lowest BCUT2D eigenvalue weighted by molar-refractivity contribution is -0.120. The van der Waals surface area contributed by atoms with Crippen molar-refractivity contribution >= 4 is 35.8 Å². The van der Waals surface area contributed by atoms with Gasteiger partial charge in [0.1, 0.15) is 5.82 Å². The van der Waals surface area contributed by atoms with Gasteiger partial charge in [0.2, 0.25) is 5.91 Å². The smallest absolute Gasteiger partial charge is 0.224 e. The molecule has 3 N–H and O–H groups in total. The summed E-state index contributed by atoms with van der Waals surface area (Å²) in [5.74, 6) is 0.300. The monoisotopic (exact) mass is 519 g/mol. The Kier molecular flexibility index (Phi) is 12.8. The Morgan fingerprint density at radius 2 is 1.97 bits per heavy atom. The number of aliphatic imine (C=N–C) groups is 1. The zero-order valence-corrected chi connectivity index (χ0v) is 19.9. The number of nitrogens with one attached hydrogen (secondary N) is 3. The molecule has 1 aromatic carbocycles. The summed E-state index contributed by atoms with van der Waals surface area (Å²) in [6, 6.07) is 6.81. The van der Waals surface area contributed by atoms with Crippen LogP contribution in [0.2, 0.25) is 0 Å². The Bertz CT molecular complexity index is 643. The van der Waals surface area contributed by atoms with Gasteiger partial charge in [-0.3, -0.25) is 9.79 Å². The fourth-order valence-electron chi connectivity index (χ4n) is 3.48. The maximum atomic E-state index is 13.1. The number of hydrogen-bond donors (Lipinski definition) is 3. The molecular weight excluding hydrogens is 484 g/mol. The van der Waals surface area contributed by atoms with Crippen LogP contribution in [0.3, 0.4) is 0 Å². The number of benzene rings is 1. The van der Waals surface area contributed by atoms with Crippen LogP contribution in [0.4, 0.5) is 4.39 Å². The van der Waals surface area contributed by atoms with Crippen LogP contribution in [-0.2, 0) is 11.2 Å². The van der Waals surface area contributed by atoms with Crippen LogP contribution in [0.1, 0.15) is 38.2 Å². The molecule has 8 heteroatoms. The number of carbonyl (C=O) groups is 1. The predicted octanol–water partition coefficient (Wildman–Crippen LogP) is 2.53. The lowest BCUT2D eigenvalue weighted by Crippen LogP contribution is -2.43. The highest BCUT2D eigenvalue weighted by Crippen LogP contribution is 2.15. The fourth-order valence-corrected chi connectivity index (χ4v) is 3.48. The highest BCUT2D eigenvalue weighted by molar-refractivity contribution is 14.0. The Balaban J connectivity index is 0.00000420. The van der Waals surface area contributed by atoms with Crippen molar-refractivity contribution in [2.75, 3.05) is 39.8 Å². The second-order valence-electron chi connectivity index (χ2n) is 7.32. The molecule has 1 aliphatic rings. The maximum absolute atomic E-state index is 13.1. The molecule has 1 unspecified atom stereocenters. The van der Waals surface area contributed by atoms with Gasteiger partial charge in [0, 0.05) is 39.3 Å². The lowest BCUT2D eigenvalue weighted by atomic mass is 10.0. The third-order valence-electron chi connectivity index (χ3n) is 5.07. The summed E-state index contributed by atoms with van der Waals surface area (Å²) in [6.07, 6.45) is 5.23. The summed E-state index contributed by atoms with van der Waals surface area (Å²) in [4.78, 5) is 18.7. The summed E-state index contributed by atoms with van der Waals surface area (Å²) < 4.78 is 13.1. The third-order valence-corrected chi connectivity index (χ3v) is 5.07. The second-order valence-corrected chi connectivity index (χ2v) is 7.32. The van der Waals surface area contributed by atoms with Gasteiger partial charge in [-0.15, -0.1) is 24.0 Å². The number of halogens is 2. The van der Waals surface area contributed by atoms with Gasteiger partial charge in [-0.25, -0.2) is 4.39 Å². The van der Waals surface area contributed by atoms with Gasteiger partial charge in [-0.05, 0) is 50.4 Å². The quantitative estimate of drug-likeness (QED) is 0.203. The summed E-state index contributed by atoms with van der Waals surface area (Å²) in [6.45, 7) is 6.58. The molecule has 29 heavy (non-hydrogen) atoms. The van der Waals surface area contributed by atoms with E-state index in [1.54, 1.807) is 19.2 Å². The first-order valence-electron chi connectivity index (χ1n) is 10.3. The highest BCUT2D eigenvalue weighted by Gasteiger charge is 2.17. The van der Waals surface area contributed by atoms with Gasteiger partial charge in [0.05, 0.1) is 6.42 Å². The first-order chi connectivity index (χ1) is 13.6. The minimum absolute atomic E-state index is 0. The van der Waals surface area contributed by atoms with Crippen LogP contribution in [-0.4, -0.2) is 62.6 Å². The van der Waals surface area contributed by atoms with E-state index in [0.29, 0.717) is 24.7 Å². The van der Waals surface area contributed by atoms with Crippen molar-refractivity contribution in [1.29, 1.82) is 0 Å².